The maximum atomic E-state index is 12.8. The highest BCUT2D eigenvalue weighted by Crippen LogP contribution is 2.15. The van der Waals surface area contributed by atoms with Crippen molar-refractivity contribution in [1.29, 1.82) is 0 Å². The Morgan fingerprint density at radius 1 is 0.313 bits per heavy atom. The fraction of sp³-hybridized carbons (Fsp3) is 0.721. The molecule has 0 saturated heterocycles. The van der Waals surface area contributed by atoms with Gasteiger partial charge in [-0.05, 0) is 96.3 Å². The lowest BCUT2D eigenvalue weighted by Crippen LogP contribution is -2.30. The van der Waals surface area contributed by atoms with Gasteiger partial charge in [-0.3, -0.25) is 14.4 Å². The Hall–Kier alpha value is -3.41. The molecule has 0 aromatic rings. The Balaban J connectivity index is 4.12. The largest absolute Gasteiger partial charge is 0.462 e. The molecule has 0 bridgehead atoms. The summed E-state index contributed by atoms with van der Waals surface area (Å²) in [4.78, 5) is 37.8. The molecule has 0 fully saturated rings. The van der Waals surface area contributed by atoms with Gasteiger partial charge in [-0.1, -0.05) is 234 Å². The predicted octanol–water partition coefficient (Wildman–Crippen LogP) is 18.8. The quantitative estimate of drug-likeness (QED) is 0.0262. The van der Waals surface area contributed by atoms with Gasteiger partial charge in [0.25, 0.3) is 0 Å². The molecule has 0 aliphatic carbocycles. The first-order chi connectivity index (χ1) is 33.0. The number of carbonyl (C=O) groups is 3. The van der Waals surface area contributed by atoms with E-state index in [1.807, 2.05) is 0 Å². The highest BCUT2D eigenvalue weighted by atomic mass is 16.6. The number of esters is 3. The molecule has 67 heavy (non-hydrogen) atoms. The average molecular weight is 933 g/mol. The average Bonchev–Trinajstić information content (AvgIpc) is 3.33. The molecule has 0 amide bonds. The van der Waals surface area contributed by atoms with E-state index in [9.17, 15) is 14.4 Å². The van der Waals surface area contributed by atoms with Crippen LogP contribution in [0.3, 0.4) is 0 Å². The van der Waals surface area contributed by atoms with Crippen molar-refractivity contribution < 1.29 is 28.6 Å². The molecule has 0 aromatic carbocycles. The second-order valence-corrected chi connectivity index (χ2v) is 18.5. The third-order valence-corrected chi connectivity index (χ3v) is 11.9. The molecule has 0 saturated carbocycles. The number of hydrogen-bond donors (Lipinski definition) is 0. The molecule has 0 radical (unpaired) electrons. The Labute approximate surface area is 414 Å². The molecule has 6 nitrogen and oxygen atoms in total. The van der Waals surface area contributed by atoms with Crippen LogP contribution in [0.1, 0.15) is 265 Å². The Morgan fingerprint density at radius 2 is 0.582 bits per heavy atom. The van der Waals surface area contributed by atoms with E-state index < -0.39 is 6.10 Å². The van der Waals surface area contributed by atoms with Crippen molar-refractivity contribution in [2.24, 2.45) is 0 Å². The summed E-state index contributed by atoms with van der Waals surface area (Å²) in [6.45, 7) is 6.42. The first-order valence-corrected chi connectivity index (χ1v) is 28.1. The van der Waals surface area contributed by atoms with Gasteiger partial charge in [-0.25, -0.2) is 0 Å². The van der Waals surface area contributed by atoms with Gasteiger partial charge in [0.1, 0.15) is 13.2 Å². The van der Waals surface area contributed by atoms with Crippen molar-refractivity contribution in [3.8, 4) is 0 Å². The van der Waals surface area contributed by atoms with Crippen LogP contribution in [0.4, 0.5) is 0 Å². The molecular weight excluding hydrogens is 829 g/mol. The Kier molecular flexibility index (Phi) is 52.4. The van der Waals surface area contributed by atoms with E-state index in [0.29, 0.717) is 19.3 Å². The number of rotatable bonds is 50. The van der Waals surface area contributed by atoms with E-state index >= 15 is 0 Å². The molecule has 0 aliphatic heterocycles. The smallest absolute Gasteiger partial charge is 0.306 e. The van der Waals surface area contributed by atoms with Gasteiger partial charge in [-0.15, -0.1) is 0 Å². The van der Waals surface area contributed by atoms with Crippen LogP contribution in [0, 0.1) is 0 Å². The summed E-state index contributed by atoms with van der Waals surface area (Å²) in [5.74, 6) is -0.901. The first kappa shape index (κ1) is 63.6. The molecule has 0 spiro atoms. The van der Waals surface area contributed by atoms with Gasteiger partial charge in [0.15, 0.2) is 6.10 Å². The molecule has 1 atom stereocenters. The summed E-state index contributed by atoms with van der Waals surface area (Å²) < 4.78 is 16.7. The maximum absolute atomic E-state index is 12.8. The zero-order chi connectivity index (χ0) is 48.6. The summed E-state index contributed by atoms with van der Waals surface area (Å²) >= 11 is 0. The van der Waals surface area contributed by atoms with E-state index in [0.717, 1.165) is 109 Å². The molecule has 0 N–H and O–H groups in total. The summed E-state index contributed by atoms with van der Waals surface area (Å²) in [6, 6.07) is 0. The van der Waals surface area contributed by atoms with Gasteiger partial charge in [0, 0.05) is 19.3 Å². The van der Waals surface area contributed by atoms with Crippen LogP contribution in [-0.2, 0) is 28.6 Å². The number of carbonyl (C=O) groups excluding carboxylic acids is 3. The van der Waals surface area contributed by atoms with E-state index in [1.165, 1.54) is 116 Å². The monoisotopic (exact) mass is 933 g/mol. The highest BCUT2D eigenvalue weighted by Gasteiger charge is 2.19. The molecule has 384 valence electrons. The second kappa shape index (κ2) is 55.2. The summed E-state index contributed by atoms with van der Waals surface area (Å²) in [7, 11) is 0. The zero-order valence-corrected chi connectivity index (χ0v) is 43.9. The maximum Gasteiger partial charge on any atom is 0.306 e. The van der Waals surface area contributed by atoms with Crippen molar-refractivity contribution in [3.63, 3.8) is 0 Å². The molecule has 6 heteroatoms. The van der Waals surface area contributed by atoms with Crippen molar-refractivity contribution in [2.45, 2.75) is 271 Å². The molecule has 0 heterocycles. The topological polar surface area (TPSA) is 78.9 Å². The van der Waals surface area contributed by atoms with Crippen LogP contribution in [0.15, 0.2) is 85.1 Å². The van der Waals surface area contributed by atoms with Gasteiger partial charge >= 0.3 is 17.9 Å². The standard InChI is InChI=1S/C61H104O6/c1-4-7-10-13-15-17-19-21-23-25-27-28-29-30-31-32-34-35-37-39-41-43-45-48-51-54-60(63)66-57-58(56-65-59(62)53-50-47-12-9-6-3)67-61(64)55-52-49-46-44-42-40-38-36-33-26-24-22-20-18-16-14-11-8-5-2/h7,10,15-18,21-24,27-28,30-31,58H,4-6,8-9,11-14,19-20,25-26,29,32-57H2,1-3H3/b10-7-,17-15-,18-16-,23-21-,24-22-,28-27-,31-30-. The SMILES string of the molecule is CC/C=C\C/C=C\C/C=C\C/C=C\C/C=C\CCCCCCCCCCCC(=O)OCC(COC(=O)CCCCCCC)OC(=O)CCCCCCCCCCC/C=C\C/C=C\CCCCC. The van der Waals surface area contributed by atoms with Crippen molar-refractivity contribution in [3.05, 3.63) is 85.1 Å². The minimum Gasteiger partial charge on any atom is -0.462 e. The summed E-state index contributed by atoms with van der Waals surface area (Å²) in [6.07, 6.45) is 71.8. The van der Waals surface area contributed by atoms with Crippen molar-refractivity contribution >= 4 is 17.9 Å². The number of unbranched alkanes of at least 4 members (excludes halogenated alkanes) is 25. The normalized spacial score (nSPS) is 12.7. The minimum absolute atomic E-state index is 0.0803. The van der Waals surface area contributed by atoms with Crippen molar-refractivity contribution in [1.82, 2.24) is 0 Å². The lowest BCUT2D eigenvalue weighted by molar-refractivity contribution is -0.167. The number of ether oxygens (including phenoxy) is 3. The van der Waals surface area contributed by atoms with Crippen LogP contribution >= 0.6 is 0 Å². The van der Waals surface area contributed by atoms with Crippen LogP contribution in [0.5, 0.6) is 0 Å². The Morgan fingerprint density at radius 3 is 0.940 bits per heavy atom. The van der Waals surface area contributed by atoms with Gasteiger partial charge in [0.05, 0.1) is 0 Å². The molecule has 0 rings (SSSR count). The second-order valence-electron chi connectivity index (χ2n) is 18.5. The lowest BCUT2D eigenvalue weighted by atomic mass is 10.1. The third-order valence-electron chi connectivity index (χ3n) is 11.9. The van der Waals surface area contributed by atoms with E-state index in [1.54, 1.807) is 0 Å². The van der Waals surface area contributed by atoms with Gasteiger partial charge in [0.2, 0.25) is 0 Å². The summed E-state index contributed by atoms with van der Waals surface area (Å²) in [5.41, 5.74) is 0. The fourth-order valence-electron chi connectivity index (χ4n) is 7.68. The van der Waals surface area contributed by atoms with E-state index in [2.05, 4.69) is 106 Å². The minimum atomic E-state index is -0.778. The molecule has 0 aliphatic rings. The van der Waals surface area contributed by atoms with Gasteiger partial charge < -0.3 is 14.2 Å². The molecule has 0 aromatic heterocycles. The van der Waals surface area contributed by atoms with Crippen LogP contribution < -0.4 is 0 Å². The number of allylic oxidation sites excluding steroid dienone is 14. The van der Waals surface area contributed by atoms with E-state index in [-0.39, 0.29) is 31.1 Å². The lowest BCUT2D eigenvalue weighted by Gasteiger charge is -2.18. The zero-order valence-electron chi connectivity index (χ0n) is 43.9. The van der Waals surface area contributed by atoms with Gasteiger partial charge in [-0.2, -0.15) is 0 Å². The van der Waals surface area contributed by atoms with E-state index in [4.69, 9.17) is 14.2 Å². The van der Waals surface area contributed by atoms with Crippen LogP contribution in [0.25, 0.3) is 0 Å². The third kappa shape index (κ3) is 53.4. The van der Waals surface area contributed by atoms with Crippen LogP contribution in [0.2, 0.25) is 0 Å². The highest BCUT2D eigenvalue weighted by molar-refractivity contribution is 5.71. The summed E-state index contributed by atoms with van der Waals surface area (Å²) in [5, 5.41) is 0. The Bertz CT molecular complexity index is 1300. The molecule has 1 unspecified atom stereocenters. The predicted molar refractivity (Wildman–Crippen MR) is 288 cm³/mol. The molecular formula is C61H104O6. The number of hydrogen-bond acceptors (Lipinski definition) is 6. The van der Waals surface area contributed by atoms with Crippen molar-refractivity contribution in [2.75, 3.05) is 13.2 Å². The fourth-order valence-corrected chi connectivity index (χ4v) is 7.68. The first-order valence-electron chi connectivity index (χ1n) is 28.1. The van der Waals surface area contributed by atoms with Crippen LogP contribution in [-0.4, -0.2) is 37.2 Å².